The number of ether oxygens (including phenoxy) is 1. The van der Waals surface area contributed by atoms with Crippen molar-refractivity contribution in [2.75, 3.05) is 19.4 Å². The van der Waals surface area contributed by atoms with Gasteiger partial charge in [-0.1, -0.05) is 11.6 Å². The summed E-state index contributed by atoms with van der Waals surface area (Å²) >= 11 is 6.13. The minimum atomic E-state index is -0.690. The fourth-order valence-corrected chi connectivity index (χ4v) is 2.65. The third kappa shape index (κ3) is 7.09. The second-order valence-electron chi connectivity index (χ2n) is 7.95. The average molecular weight is 414 g/mol. The predicted molar refractivity (Wildman–Crippen MR) is 113 cm³/mol. The predicted octanol–water partition coefficient (Wildman–Crippen LogP) is 3.14. The summed E-state index contributed by atoms with van der Waals surface area (Å²) in [7, 11) is 3.29. The van der Waals surface area contributed by atoms with Crippen LogP contribution in [0.15, 0.2) is 29.0 Å². The molecular formula is C19H32ClN5O3. The van der Waals surface area contributed by atoms with E-state index < -0.39 is 17.2 Å². The number of carbonyl (C=O) groups excluding carboxylic acids is 1. The van der Waals surface area contributed by atoms with Gasteiger partial charge in [-0.05, 0) is 53.7 Å². The number of aryl methyl sites for hydroxylation is 1. The summed E-state index contributed by atoms with van der Waals surface area (Å²) < 4.78 is 6.94. The van der Waals surface area contributed by atoms with E-state index in [0.29, 0.717) is 23.1 Å². The maximum absolute atomic E-state index is 12.5. The Balaban J connectivity index is 3.19. The summed E-state index contributed by atoms with van der Waals surface area (Å²) in [6, 6.07) is 1.59. The van der Waals surface area contributed by atoms with Gasteiger partial charge in [0.1, 0.15) is 17.1 Å². The molecule has 8 nitrogen and oxygen atoms in total. The Bertz CT molecular complexity index is 781. The van der Waals surface area contributed by atoms with E-state index in [1.54, 1.807) is 53.2 Å². The van der Waals surface area contributed by atoms with Gasteiger partial charge in [0.15, 0.2) is 0 Å². The zero-order chi connectivity index (χ0) is 21.7. The van der Waals surface area contributed by atoms with E-state index in [1.807, 2.05) is 20.8 Å². The average Bonchev–Trinajstić information content (AvgIpc) is 2.54. The highest BCUT2D eigenvalue weighted by Gasteiger charge is 2.25. The smallest absolute Gasteiger partial charge is 0.415 e. The summed E-state index contributed by atoms with van der Waals surface area (Å²) in [6.45, 7) is 11.6. The fraction of sp³-hybridized carbons (Fsp3) is 0.579. The highest BCUT2D eigenvalue weighted by atomic mass is 35.5. The number of nitrogens with zero attached hydrogens (tertiary/aromatic N) is 2. The van der Waals surface area contributed by atoms with Crippen molar-refractivity contribution in [2.45, 2.75) is 59.2 Å². The lowest BCUT2D eigenvalue weighted by Crippen LogP contribution is -2.43. The molecule has 0 radical (unpaired) electrons. The minimum Gasteiger partial charge on any atom is -0.443 e. The van der Waals surface area contributed by atoms with Crippen LogP contribution in [0.25, 0.3) is 0 Å². The Morgan fingerprint density at radius 1 is 1.32 bits per heavy atom. The van der Waals surface area contributed by atoms with Gasteiger partial charge in [0.25, 0.3) is 5.56 Å². The molecule has 0 aromatic carbocycles. The van der Waals surface area contributed by atoms with Gasteiger partial charge in [0.05, 0.1) is 10.6 Å². The Kier molecular flexibility index (Phi) is 7.95. The first kappa shape index (κ1) is 23.8. The SMILES string of the molecule is CCn1cc(Cl)cc(NC(C)(C)/C=C(\NNC)N(C)C(=O)OC(C)(C)C)c1=O. The van der Waals surface area contributed by atoms with Gasteiger partial charge >= 0.3 is 6.09 Å². The molecule has 3 N–H and O–H groups in total. The van der Waals surface area contributed by atoms with Crippen LogP contribution in [0, 0.1) is 0 Å². The topological polar surface area (TPSA) is 87.6 Å². The monoisotopic (exact) mass is 413 g/mol. The molecule has 0 saturated carbocycles. The third-order valence-electron chi connectivity index (χ3n) is 3.63. The van der Waals surface area contributed by atoms with Gasteiger partial charge in [-0.25, -0.2) is 10.2 Å². The first-order valence-electron chi connectivity index (χ1n) is 9.10. The molecule has 1 aromatic rings. The largest absolute Gasteiger partial charge is 0.443 e. The van der Waals surface area contributed by atoms with Crippen molar-refractivity contribution in [3.8, 4) is 0 Å². The van der Waals surface area contributed by atoms with Gasteiger partial charge in [-0.3, -0.25) is 9.69 Å². The first-order chi connectivity index (χ1) is 12.8. The van der Waals surface area contributed by atoms with Crippen molar-refractivity contribution in [2.24, 2.45) is 0 Å². The van der Waals surface area contributed by atoms with Crippen molar-refractivity contribution in [1.82, 2.24) is 20.3 Å². The van der Waals surface area contributed by atoms with E-state index in [1.165, 1.54) is 9.47 Å². The number of anilines is 1. The van der Waals surface area contributed by atoms with Gasteiger partial charge in [0, 0.05) is 26.8 Å². The normalized spacial score (nSPS) is 12.5. The highest BCUT2D eigenvalue weighted by molar-refractivity contribution is 6.30. The molecule has 0 unspecified atom stereocenters. The number of nitrogens with one attached hydrogen (secondary N) is 3. The molecule has 0 atom stereocenters. The quantitative estimate of drug-likeness (QED) is 0.595. The Morgan fingerprint density at radius 3 is 2.43 bits per heavy atom. The number of aromatic nitrogens is 1. The van der Waals surface area contributed by atoms with Crippen LogP contribution in [0.3, 0.4) is 0 Å². The standard InChI is InChI=1S/C19H32ClN5O3/c1-9-25-12-13(20)10-14(16(25)26)22-19(5,6)11-15(23-21-7)24(8)17(27)28-18(2,3)4/h10-12,21-23H,9H2,1-8H3/b15-11+. The van der Waals surface area contributed by atoms with E-state index >= 15 is 0 Å². The van der Waals surface area contributed by atoms with E-state index in [0.717, 1.165) is 0 Å². The summed E-state index contributed by atoms with van der Waals surface area (Å²) in [5.41, 5.74) is 4.64. The Labute approximate surface area is 171 Å². The van der Waals surface area contributed by atoms with Crippen molar-refractivity contribution in [3.63, 3.8) is 0 Å². The number of rotatable bonds is 7. The molecule has 28 heavy (non-hydrogen) atoms. The maximum atomic E-state index is 12.5. The van der Waals surface area contributed by atoms with Crippen LogP contribution in [0.1, 0.15) is 41.5 Å². The van der Waals surface area contributed by atoms with Crippen LogP contribution >= 0.6 is 11.6 Å². The number of amides is 1. The number of hydrogen-bond donors (Lipinski definition) is 3. The van der Waals surface area contributed by atoms with Crippen LogP contribution in [-0.4, -0.2) is 40.8 Å². The molecule has 0 bridgehead atoms. The van der Waals surface area contributed by atoms with Gasteiger partial charge in [-0.2, -0.15) is 0 Å². The van der Waals surface area contributed by atoms with Crippen LogP contribution in [-0.2, 0) is 11.3 Å². The number of hydrogen-bond acceptors (Lipinski definition) is 6. The summed E-state index contributed by atoms with van der Waals surface area (Å²) in [6.07, 6.45) is 2.88. The van der Waals surface area contributed by atoms with E-state index in [4.69, 9.17) is 16.3 Å². The molecule has 158 valence electrons. The molecule has 1 aromatic heterocycles. The lowest BCUT2D eigenvalue weighted by molar-refractivity contribution is 0.0338. The molecule has 0 aliphatic heterocycles. The van der Waals surface area contributed by atoms with E-state index in [-0.39, 0.29) is 5.56 Å². The third-order valence-corrected chi connectivity index (χ3v) is 3.84. The molecular weight excluding hydrogens is 382 g/mol. The second-order valence-corrected chi connectivity index (χ2v) is 8.39. The zero-order valence-corrected chi connectivity index (χ0v) is 18.7. The second kappa shape index (κ2) is 9.34. The summed E-state index contributed by atoms with van der Waals surface area (Å²) in [5, 5.41) is 3.65. The molecule has 0 fully saturated rings. The van der Waals surface area contributed by atoms with Gasteiger partial charge in [-0.15, -0.1) is 0 Å². The lowest BCUT2D eigenvalue weighted by atomic mass is 10.0. The molecule has 1 rings (SSSR count). The van der Waals surface area contributed by atoms with Crippen LogP contribution < -0.4 is 21.7 Å². The van der Waals surface area contributed by atoms with Gasteiger partial charge < -0.3 is 20.0 Å². The first-order valence-corrected chi connectivity index (χ1v) is 9.48. The van der Waals surface area contributed by atoms with E-state index in [9.17, 15) is 9.59 Å². The van der Waals surface area contributed by atoms with Crippen molar-refractivity contribution in [3.05, 3.63) is 39.5 Å². The number of hydrazine groups is 1. The van der Waals surface area contributed by atoms with Crippen molar-refractivity contribution >= 4 is 23.4 Å². The molecule has 1 amide bonds. The fourth-order valence-electron chi connectivity index (χ4n) is 2.42. The number of pyridine rings is 1. The summed E-state index contributed by atoms with van der Waals surface area (Å²) in [4.78, 5) is 26.3. The molecule has 9 heteroatoms. The van der Waals surface area contributed by atoms with Crippen LogP contribution in [0.5, 0.6) is 0 Å². The molecule has 0 spiro atoms. The van der Waals surface area contributed by atoms with E-state index in [2.05, 4.69) is 16.2 Å². The molecule has 0 saturated heterocycles. The summed E-state index contributed by atoms with van der Waals surface area (Å²) in [5.74, 6) is 0.465. The zero-order valence-electron chi connectivity index (χ0n) is 17.9. The number of carbonyl (C=O) groups is 1. The van der Waals surface area contributed by atoms with Crippen molar-refractivity contribution < 1.29 is 9.53 Å². The van der Waals surface area contributed by atoms with Gasteiger partial charge in [0.2, 0.25) is 0 Å². The maximum Gasteiger partial charge on any atom is 0.415 e. The highest BCUT2D eigenvalue weighted by Crippen LogP contribution is 2.19. The molecule has 0 aliphatic carbocycles. The van der Waals surface area contributed by atoms with Crippen LogP contribution in [0.4, 0.5) is 10.5 Å². The Hall–Kier alpha value is -2.19. The van der Waals surface area contributed by atoms with Crippen LogP contribution in [0.2, 0.25) is 5.02 Å². The number of halogens is 1. The Morgan fingerprint density at radius 2 is 1.93 bits per heavy atom. The van der Waals surface area contributed by atoms with Crippen molar-refractivity contribution in [1.29, 1.82) is 0 Å². The molecule has 0 aliphatic rings. The minimum absolute atomic E-state index is 0.169. The lowest BCUT2D eigenvalue weighted by Gasteiger charge is -2.30. The molecule has 1 heterocycles.